The van der Waals surface area contributed by atoms with Crippen LogP contribution >= 0.6 is 0 Å². The highest BCUT2D eigenvalue weighted by Crippen LogP contribution is 2.55. The Hall–Kier alpha value is -1.07. The van der Waals surface area contributed by atoms with Crippen molar-refractivity contribution in [3.8, 4) is 0 Å². The van der Waals surface area contributed by atoms with E-state index in [1.807, 2.05) is 0 Å². The number of carbonyl (C=O) groups excluding carboxylic acids is 1. The molecule has 1 aliphatic heterocycles. The predicted octanol–water partition coefficient (Wildman–Crippen LogP) is 3.22. The van der Waals surface area contributed by atoms with Gasteiger partial charge in [-0.1, -0.05) is 17.7 Å². The number of allylic oxidation sites excluding steroid dienone is 3. The molecule has 0 N–H and O–H groups in total. The normalized spacial score (nSPS) is 28.0. The first-order valence-corrected chi connectivity index (χ1v) is 8.06. The number of hydrogen-bond donors (Lipinski definition) is 0. The summed E-state index contributed by atoms with van der Waals surface area (Å²) in [5.74, 6) is -0.0915. The van der Waals surface area contributed by atoms with Gasteiger partial charge in [-0.2, -0.15) is 0 Å². The third-order valence-corrected chi connectivity index (χ3v) is 5.68. The van der Waals surface area contributed by atoms with Crippen LogP contribution in [0.1, 0.15) is 53.4 Å². The molecule has 5 heteroatoms. The van der Waals surface area contributed by atoms with Gasteiger partial charge in [0.05, 0.1) is 23.7 Å². The van der Waals surface area contributed by atoms with Crippen LogP contribution in [0.5, 0.6) is 0 Å². The molecule has 0 unspecified atom stereocenters. The molecule has 1 saturated heterocycles. The molecule has 2 fully saturated rings. The van der Waals surface area contributed by atoms with E-state index < -0.39 is 0 Å². The molecule has 2 aliphatic carbocycles. The molecular formula is C17H25BO4. The third kappa shape index (κ3) is 2.35. The zero-order chi connectivity index (χ0) is 16.2. The van der Waals surface area contributed by atoms with E-state index in [2.05, 4.69) is 39.8 Å². The molecule has 0 aromatic rings. The number of hydrogen-bond acceptors (Lipinski definition) is 4. The monoisotopic (exact) mass is 304 g/mol. The second kappa shape index (κ2) is 4.97. The molecule has 1 saturated carbocycles. The van der Waals surface area contributed by atoms with Crippen LogP contribution in [-0.2, 0) is 18.8 Å². The molecule has 0 bridgehead atoms. The van der Waals surface area contributed by atoms with E-state index in [0.29, 0.717) is 0 Å². The number of rotatable bonds is 3. The molecule has 1 heterocycles. The molecule has 0 atom stereocenters. The summed E-state index contributed by atoms with van der Waals surface area (Å²) in [4.78, 5) is 12.0. The molecule has 0 amide bonds. The van der Waals surface area contributed by atoms with Crippen LogP contribution in [0.25, 0.3) is 0 Å². The number of ether oxygens (including phenoxy) is 1. The van der Waals surface area contributed by atoms with E-state index in [4.69, 9.17) is 14.0 Å². The Bertz CT molecular complexity index is 539. The molecule has 22 heavy (non-hydrogen) atoms. The largest absolute Gasteiger partial charge is 0.490 e. The zero-order valence-corrected chi connectivity index (χ0v) is 14.2. The van der Waals surface area contributed by atoms with Crippen molar-refractivity contribution in [2.75, 3.05) is 7.11 Å². The fourth-order valence-electron chi connectivity index (χ4n) is 3.22. The lowest BCUT2D eigenvalue weighted by atomic mass is 9.71. The zero-order valence-electron chi connectivity index (χ0n) is 14.2. The Labute approximate surface area is 133 Å². The van der Waals surface area contributed by atoms with Crippen LogP contribution in [0.4, 0.5) is 0 Å². The summed E-state index contributed by atoms with van der Waals surface area (Å²) in [6, 6.07) is 0. The Balaban J connectivity index is 1.76. The van der Waals surface area contributed by atoms with Gasteiger partial charge >= 0.3 is 13.1 Å². The predicted molar refractivity (Wildman–Crippen MR) is 85.2 cm³/mol. The van der Waals surface area contributed by atoms with E-state index in [1.54, 1.807) is 0 Å². The van der Waals surface area contributed by atoms with Gasteiger partial charge in [-0.15, -0.1) is 0 Å². The Morgan fingerprint density at radius 3 is 2.09 bits per heavy atom. The van der Waals surface area contributed by atoms with E-state index in [1.165, 1.54) is 12.7 Å². The van der Waals surface area contributed by atoms with Gasteiger partial charge in [0.2, 0.25) is 0 Å². The van der Waals surface area contributed by atoms with Gasteiger partial charge in [0.25, 0.3) is 0 Å². The second-order valence-corrected chi connectivity index (χ2v) is 7.60. The Morgan fingerprint density at radius 1 is 1.09 bits per heavy atom. The molecule has 0 radical (unpaired) electrons. The number of esters is 1. The van der Waals surface area contributed by atoms with Crippen LogP contribution in [0.15, 0.2) is 23.2 Å². The molecule has 3 aliphatic rings. The lowest BCUT2D eigenvalue weighted by molar-refractivity contribution is -0.145. The van der Waals surface area contributed by atoms with Crippen molar-refractivity contribution in [1.29, 1.82) is 0 Å². The van der Waals surface area contributed by atoms with Gasteiger partial charge in [0.15, 0.2) is 0 Å². The van der Waals surface area contributed by atoms with Gasteiger partial charge < -0.3 is 14.0 Å². The minimum absolute atomic E-state index is 0.0915. The molecule has 3 rings (SSSR count). The quantitative estimate of drug-likeness (QED) is 0.593. The molecule has 0 aromatic heterocycles. The second-order valence-electron chi connectivity index (χ2n) is 7.60. The fourth-order valence-corrected chi connectivity index (χ4v) is 3.22. The summed E-state index contributed by atoms with van der Waals surface area (Å²) in [5.41, 5.74) is 1.38. The summed E-state index contributed by atoms with van der Waals surface area (Å²) in [6.07, 6.45) is 7.72. The van der Waals surface area contributed by atoms with Crippen LogP contribution in [-0.4, -0.2) is 31.4 Å². The molecule has 4 nitrogen and oxygen atoms in total. The van der Waals surface area contributed by atoms with Gasteiger partial charge in [-0.3, -0.25) is 4.79 Å². The van der Waals surface area contributed by atoms with Crippen molar-refractivity contribution in [2.24, 2.45) is 5.41 Å². The lowest BCUT2D eigenvalue weighted by Crippen LogP contribution is -2.41. The standard InChI is InChI=1S/C17H25BO4/c1-15(2)16(3,4)22-18(21-15)13-8-6-12(7-9-13)17(10-11-17)14(19)20-5/h6,8H,7,9-11H2,1-5H3. The lowest BCUT2D eigenvalue weighted by Gasteiger charge is -2.32. The maximum Gasteiger partial charge on any atom is 0.490 e. The van der Waals surface area contributed by atoms with Crippen LogP contribution in [0, 0.1) is 5.41 Å². The fraction of sp³-hybridized carbons (Fsp3) is 0.706. The van der Waals surface area contributed by atoms with Crippen molar-refractivity contribution in [2.45, 2.75) is 64.6 Å². The maximum absolute atomic E-state index is 12.0. The topological polar surface area (TPSA) is 44.8 Å². The van der Waals surface area contributed by atoms with Gasteiger partial charge in [-0.25, -0.2) is 0 Å². The highest BCUT2D eigenvalue weighted by Gasteiger charge is 2.55. The first-order chi connectivity index (χ1) is 10.2. The van der Waals surface area contributed by atoms with E-state index in [-0.39, 0.29) is 29.7 Å². The smallest absolute Gasteiger partial charge is 0.468 e. The average Bonchev–Trinajstić information content (AvgIpc) is 3.23. The summed E-state index contributed by atoms with van der Waals surface area (Å²) in [7, 11) is 1.19. The van der Waals surface area contributed by atoms with Gasteiger partial charge in [-0.05, 0) is 58.9 Å². The molecule has 120 valence electrons. The maximum atomic E-state index is 12.0. The highest BCUT2D eigenvalue weighted by molar-refractivity contribution is 6.54. The highest BCUT2D eigenvalue weighted by atomic mass is 16.7. The first kappa shape index (κ1) is 15.8. The van der Waals surface area contributed by atoms with Crippen molar-refractivity contribution in [3.63, 3.8) is 0 Å². The molecule has 0 aromatic carbocycles. The van der Waals surface area contributed by atoms with Gasteiger partial charge in [0.1, 0.15) is 0 Å². The first-order valence-electron chi connectivity index (χ1n) is 8.06. The van der Waals surface area contributed by atoms with Crippen molar-refractivity contribution in [3.05, 3.63) is 23.2 Å². The molecule has 0 spiro atoms. The minimum Gasteiger partial charge on any atom is -0.468 e. The van der Waals surface area contributed by atoms with Crippen LogP contribution in [0.3, 0.4) is 0 Å². The Morgan fingerprint density at radius 2 is 1.68 bits per heavy atom. The minimum atomic E-state index is -0.341. The summed E-state index contributed by atoms with van der Waals surface area (Å²) in [6.45, 7) is 8.25. The number of methoxy groups -OCH3 is 1. The SMILES string of the molecule is COC(=O)C1(C2=CC=C(B3OC(C)(C)C(C)(C)O3)CC2)CC1. The van der Waals surface area contributed by atoms with E-state index in [0.717, 1.165) is 31.2 Å². The summed E-state index contributed by atoms with van der Waals surface area (Å²) < 4.78 is 17.2. The van der Waals surface area contributed by atoms with E-state index in [9.17, 15) is 4.79 Å². The summed E-state index contributed by atoms with van der Waals surface area (Å²) in [5, 5.41) is 0. The third-order valence-electron chi connectivity index (χ3n) is 5.68. The Kier molecular flexibility index (Phi) is 3.57. The average molecular weight is 304 g/mol. The van der Waals surface area contributed by atoms with Gasteiger partial charge in [0, 0.05) is 0 Å². The summed E-state index contributed by atoms with van der Waals surface area (Å²) >= 11 is 0. The van der Waals surface area contributed by atoms with Crippen LogP contribution in [0.2, 0.25) is 0 Å². The molecular weight excluding hydrogens is 279 g/mol. The van der Waals surface area contributed by atoms with Crippen molar-refractivity contribution < 1.29 is 18.8 Å². The van der Waals surface area contributed by atoms with Crippen molar-refractivity contribution in [1.82, 2.24) is 0 Å². The van der Waals surface area contributed by atoms with Crippen molar-refractivity contribution >= 4 is 13.1 Å². The number of carbonyl (C=O) groups is 1. The van der Waals surface area contributed by atoms with Crippen LogP contribution < -0.4 is 0 Å². The van der Waals surface area contributed by atoms with E-state index >= 15 is 0 Å².